The molecule has 0 spiro atoms. The Bertz CT molecular complexity index is 4370. The number of nitrogens with one attached hydrogen (secondary N) is 2. The Balaban J connectivity index is 0.000000186. The van der Waals surface area contributed by atoms with Gasteiger partial charge in [-0.1, -0.05) is 6.58 Å². The summed E-state index contributed by atoms with van der Waals surface area (Å²) >= 11 is 2.82. The van der Waals surface area contributed by atoms with E-state index in [1.807, 2.05) is 0 Å². The number of aliphatic hydroxyl groups is 6. The third-order valence-electron chi connectivity index (χ3n) is 15.1. The zero-order chi connectivity index (χ0) is 75.1. The second-order valence-corrected chi connectivity index (χ2v) is 29.1. The van der Waals surface area contributed by atoms with E-state index in [2.05, 4.69) is 51.4 Å². The highest BCUT2D eigenvalue weighted by molar-refractivity contribution is 8.00. The van der Waals surface area contributed by atoms with E-state index in [1.54, 1.807) is 69.9 Å². The summed E-state index contributed by atoms with van der Waals surface area (Å²) in [6, 6.07) is 1.28. The second kappa shape index (κ2) is 35.7. The number of ether oxygens (including phenoxy) is 6. The van der Waals surface area contributed by atoms with Crippen molar-refractivity contribution in [2.24, 2.45) is 16.7 Å². The number of nitrogen functional groups attached to an aromatic ring is 4. The van der Waals surface area contributed by atoms with Crippen LogP contribution in [0.15, 0.2) is 79.8 Å². The van der Waals surface area contributed by atoms with Gasteiger partial charge in [-0.25, -0.2) is 38.7 Å². The largest absolute Gasteiger partial charge is 0.438 e. The summed E-state index contributed by atoms with van der Waals surface area (Å²) in [4.78, 5) is 113. The standard InChI is InChI=1S/C20H32N5O8P.C12H15N5O3.C10H14N2O5.C8H10FN3O3S.C8H11N3O3S/c1-19(2,3)17(26)30-11-32-34(28,33-12-31-18(27)20(4,5)6)13-29-8-7-25-10-24-14-15(21)22-9-23-16(14)25;1-5-6(3-18)8(19)2-7(5)17-4-14-9-10(17)15-12(13)16-11(9)20;1-5-3-12(10(16)11-9(5)15)8-2-6(14)7(4-13)17-8;9-4-1-12(8(14)11-7(4)10)5-3-16-6(2-13)15-5;9-5-1-2-11(8(13)10-5)6-4-15-7(3-12)14-6/h9-10H,7-8,11-13H2,1-6H3,(H2,21,22,23);4,6-8,18-19H,1-3H2,(H3,13,15,16,20);3,6-8,13-14H,2,4H2,1H3,(H,11,15,16);1,5-6,13H,2-3H2,(H2,10,11,14);1-2,6-7,12H,3-4H2,(H2,9,10,13)/t;6-,7-,8-;6-,7+,8+;5-,6+;6-,7+/m.0100/s1. The number of aromatic amines is 2. The van der Waals surface area contributed by atoms with Gasteiger partial charge in [0.25, 0.3) is 11.1 Å². The number of hydrogen-bond donors (Lipinski definition) is 12. The van der Waals surface area contributed by atoms with Crippen molar-refractivity contribution in [1.82, 2.24) is 67.7 Å². The van der Waals surface area contributed by atoms with Crippen LogP contribution in [0.25, 0.3) is 22.3 Å². The lowest BCUT2D eigenvalue weighted by Gasteiger charge is -2.22. The Kier molecular flexibility index (Phi) is 28.3. The highest BCUT2D eigenvalue weighted by Gasteiger charge is 2.39. The molecule has 0 bridgehead atoms. The first kappa shape index (κ1) is 80.9. The van der Waals surface area contributed by atoms with Crippen LogP contribution in [-0.4, -0.2) is 204 Å². The van der Waals surface area contributed by atoms with Crippen LogP contribution in [-0.2, 0) is 58.2 Å². The van der Waals surface area contributed by atoms with Crippen molar-refractivity contribution in [2.45, 2.75) is 122 Å². The highest BCUT2D eigenvalue weighted by Crippen LogP contribution is 2.48. The molecular formula is C58H82FN18O22PS2. The molecule has 560 valence electrons. The number of aromatic nitrogens is 14. The van der Waals surface area contributed by atoms with Crippen molar-refractivity contribution in [2.75, 3.05) is 87.4 Å². The Morgan fingerprint density at radius 3 is 1.87 bits per heavy atom. The summed E-state index contributed by atoms with van der Waals surface area (Å²) in [5, 5.41) is 55.5. The molecule has 0 aromatic carbocycles. The topological polar surface area (TPSA) is 582 Å². The molecule has 4 fully saturated rings. The molecule has 10 heterocycles. The maximum atomic E-state index is 13.1. The van der Waals surface area contributed by atoms with Crippen LogP contribution >= 0.6 is 31.1 Å². The molecule has 10 atom stereocenters. The lowest BCUT2D eigenvalue weighted by Crippen LogP contribution is -2.33. The van der Waals surface area contributed by atoms with Crippen LogP contribution in [0.2, 0.25) is 0 Å². The number of anilines is 4. The number of H-pyrrole nitrogens is 2. The predicted octanol–water partition coefficient (Wildman–Crippen LogP) is -0.689. The van der Waals surface area contributed by atoms with Crippen molar-refractivity contribution < 1.29 is 86.7 Å². The Morgan fingerprint density at radius 2 is 1.31 bits per heavy atom. The molecule has 11 rings (SSSR count). The predicted molar refractivity (Wildman–Crippen MR) is 363 cm³/mol. The van der Waals surface area contributed by atoms with Crippen LogP contribution in [0.5, 0.6) is 0 Å². The molecule has 3 aliphatic heterocycles. The average molecular weight is 1500 g/mol. The number of hydrogen-bond acceptors (Lipinski definition) is 35. The molecule has 1 saturated carbocycles. The van der Waals surface area contributed by atoms with Gasteiger partial charge in [0, 0.05) is 48.3 Å². The number of aliphatic hydroxyl groups excluding tert-OH is 6. The third-order valence-corrected chi connectivity index (χ3v) is 18.8. The summed E-state index contributed by atoms with van der Waals surface area (Å²) in [5.74, 6) is -1.13. The first-order chi connectivity index (χ1) is 48.1. The molecule has 0 unspecified atom stereocenters. The van der Waals surface area contributed by atoms with E-state index >= 15 is 0 Å². The molecule has 7 aromatic rings. The minimum Gasteiger partial charge on any atom is -0.438 e. The highest BCUT2D eigenvalue weighted by atomic mass is 32.2. The number of carbonyl (C=O) groups is 2. The lowest BCUT2D eigenvalue weighted by molar-refractivity contribution is -0.162. The molecule has 7 aromatic heterocycles. The smallest absolute Gasteiger partial charge is 0.361 e. The van der Waals surface area contributed by atoms with E-state index in [-0.39, 0.29) is 86.2 Å². The van der Waals surface area contributed by atoms with Gasteiger partial charge >= 0.3 is 36.6 Å². The number of nitrogens with zero attached hydrogens (tertiary/aromatic N) is 12. The fraction of sp³-hybridized carbons (Fsp3) is 0.552. The number of aryl methyl sites for hydroxylation is 1. The van der Waals surface area contributed by atoms with Crippen LogP contribution in [0.1, 0.15) is 84.7 Å². The monoisotopic (exact) mass is 1500 g/mol. The molecule has 3 saturated heterocycles. The summed E-state index contributed by atoms with van der Waals surface area (Å²) in [5.41, 5.74) is 19.7. The normalized spacial score (nSPS) is 21.8. The first-order valence-corrected chi connectivity index (χ1v) is 34.8. The summed E-state index contributed by atoms with van der Waals surface area (Å²) in [6.07, 6.45) is 4.54. The molecule has 40 nitrogen and oxygen atoms in total. The van der Waals surface area contributed by atoms with Crippen LogP contribution < -0.4 is 51.1 Å². The van der Waals surface area contributed by atoms with Crippen molar-refractivity contribution in [3.8, 4) is 0 Å². The van der Waals surface area contributed by atoms with E-state index in [0.717, 1.165) is 10.8 Å². The number of carbonyl (C=O) groups excluding carboxylic acids is 2. The maximum Gasteiger partial charge on any atom is 0.361 e. The molecular weight excluding hydrogens is 1410 g/mol. The van der Waals surface area contributed by atoms with Gasteiger partial charge in [-0.15, -0.1) is 23.5 Å². The SMILES string of the molecule is C=C1[C@H](CO)[C@@H](O)C[C@@H]1n1cnc2c(=O)[nH]c(N)nc21.CC(C)(C)C(=O)OCOP(=O)(COCCn1cnc2c(N)ncnc21)OCOC(=O)C(C)(C)C.Cc1cn([C@@H]2C[C@@H](O)[C@H](CO)O2)c(=O)[nH]c1=O.Nc1ccn([C@@H]2CS[C@H](CO)O2)c(=O)n1.Nc1nc(=O)n([C@@H]2CS[C@H](CO)O2)cc1F. The van der Waals surface area contributed by atoms with Crippen molar-refractivity contribution in [1.29, 1.82) is 0 Å². The van der Waals surface area contributed by atoms with Crippen LogP contribution in [0, 0.1) is 29.5 Å². The van der Waals surface area contributed by atoms with Gasteiger partial charge in [0.1, 0.15) is 59.7 Å². The van der Waals surface area contributed by atoms with E-state index in [0.29, 0.717) is 52.4 Å². The Hall–Kier alpha value is -8.40. The fourth-order valence-corrected chi connectivity index (χ4v) is 12.4. The van der Waals surface area contributed by atoms with Gasteiger partial charge < -0.3 is 91.1 Å². The molecule has 44 heteroatoms. The van der Waals surface area contributed by atoms with Crippen molar-refractivity contribution in [3.05, 3.63) is 119 Å². The number of rotatable bonds is 19. The molecule has 4 aliphatic rings. The molecule has 1 aliphatic carbocycles. The zero-order valence-electron chi connectivity index (χ0n) is 56.2. The van der Waals surface area contributed by atoms with Crippen molar-refractivity contribution in [3.63, 3.8) is 0 Å². The minimum absolute atomic E-state index is 0.00659. The van der Waals surface area contributed by atoms with Gasteiger partial charge in [0.2, 0.25) is 19.5 Å². The average Bonchev–Trinajstić information content (AvgIpc) is 1.62. The van der Waals surface area contributed by atoms with Gasteiger partial charge in [-0.3, -0.25) is 56.5 Å². The Labute approximate surface area is 586 Å². The number of esters is 2. The quantitative estimate of drug-likeness (QED) is 0.0157. The van der Waals surface area contributed by atoms with E-state index in [4.69, 9.17) is 75.7 Å². The zero-order valence-corrected chi connectivity index (χ0v) is 58.8. The lowest BCUT2D eigenvalue weighted by atomic mass is 9.98. The fourth-order valence-electron chi connectivity index (χ4n) is 9.54. The van der Waals surface area contributed by atoms with Crippen molar-refractivity contribution >= 4 is 88.8 Å². The molecule has 102 heavy (non-hydrogen) atoms. The molecule has 0 radical (unpaired) electrons. The second-order valence-electron chi connectivity index (χ2n) is 24.7. The van der Waals surface area contributed by atoms with E-state index in [1.165, 1.54) is 57.8 Å². The summed E-state index contributed by atoms with van der Waals surface area (Å²) in [6.45, 7) is 14.0. The van der Waals surface area contributed by atoms with Gasteiger partial charge in [-0.05, 0) is 66.5 Å². The first-order valence-electron chi connectivity index (χ1n) is 30.9. The summed E-state index contributed by atoms with van der Waals surface area (Å²) in [7, 11) is -3.95. The third kappa shape index (κ3) is 21.1. The van der Waals surface area contributed by atoms with Gasteiger partial charge in [0.05, 0.1) is 81.0 Å². The number of fused-ring (bicyclic) bond motifs is 2. The van der Waals surface area contributed by atoms with E-state index in [9.17, 15) is 57.8 Å². The minimum atomic E-state index is -3.95. The van der Waals surface area contributed by atoms with E-state index < -0.39 is 126 Å². The summed E-state index contributed by atoms with van der Waals surface area (Å²) < 4.78 is 75.1. The number of thioether (sulfide) groups is 2. The molecule has 16 N–H and O–H groups in total. The van der Waals surface area contributed by atoms with Crippen LogP contribution in [0.4, 0.5) is 27.8 Å². The number of nitrogens with two attached hydrogens (primary N) is 4. The number of imidazole rings is 2. The van der Waals surface area contributed by atoms with Crippen LogP contribution in [0.3, 0.4) is 0 Å². The Morgan fingerprint density at radius 1 is 0.706 bits per heavy atom. The van der Waals surface area contributed by atoms with Gasteiger partial charge in [-0.2, -0.15) is 15.0 Å². The maximum absolute atomic E-state index is 13.1. The molecule has 0 amide bonds. The van der Waals surface area contributed by atoms with Gasteiger partial charge in [0.15, 0.2) is 34.3 Å². The number of halogens is 1.